The smallest absolute Gasteiger partial charge is 0.253 e. The maximum Gasteiger partial charge on any atom is 0.253 e. The molecule has 4 rings (SSSR count). The third-order valence-electron chi connectivity index (χ3n) is 5.09. The predicted octanol–water partition coefficient (Wildman–Crippen LogP) is 1.91. The maximum absolute atomic E-state index is 11.8. The molecule has 1 aromatic heterocycles. The number of hydrogen-bond donors (Lipinski definition) is 2. The fourth-order valence-electron chi connectivity index (χ4n) is 3.78. The van der Waals surface area contributed by atoms with E-state index in [2.05, 4.69) is 27.8 Å². The zero-order chi connectivity index (χ0) is 15.8. The molecule has 1 saturated carbocycles. The molecular formula is C18H19N3O2. The summed E-state index contributed by atoms with van der Waals surface area (Å²) in [4.78, 5) is 27.6. The first kappa shape index (κ1) is 14.2. The van der Waals surface area contributed by atoms with Gasteiger partial charge in [-0.1, -0.05) is 12.2 Å². The molecule has 0 amide bonds. The van der Waals surface area contributed by atoms with E-state index in [0.29, 0.717) is 35.7 Å². The predicted molar refractivity (Wildman–Crippen MR) is 90.3 cm³/mol. The number of anilines is 2. The average Bonchev–Trinajstić information content (AvgIpc) is 3.20. The Hall–Kier alpha value is -2.43. The van der Waals surface area contributed by atoms with E-state index in [9.17, 15) is 9.59 Å². The van der Waals surface area contributed by atoms with Gasteiger partial charge in [0, 0.05) is 25.5 Å². The zero-order valence-corrected chi connectivity index (χ0v) is 12.8. The third-order valence-corrected chi connectivity index (χ3v) is 5.09. The first-order valence-corrected chi connectivity index (χ1v) is 8.10. The molecule has 5 heteroatoms. The molecular weight excluding hydrogens is 290 g/mol. The number of allylic oxidation sites excluding steroid dienone is 2. The van der Waals surface area contributed by atoms with E-state index in [1.165, 1.54) is 12.8 Å². The first-order valence-electron chi connectivity index (χ1n) is 8.10. The lowest BCUT2D eigenvalue weighted by molar-refractivity contribution is 0.472. The summed E-state index contributed by atoms with van der Waals surface area (Å²) in [5, 5.41) is 6.29. The highest BCUT2D eigenvalue weighted by molar-refractivity contribution is 5.74. The van der Waals surface area contributed by atoms with Crippen LogP contribution in [0.15, 0.2) is 46.3 Å². The van der Waals surface area contributed by atoms with Gasteiger partial charge in [0.25, 0.3) is 10.9 Å². The minimum Gasteiger partial charge on any atom is -0.380 e. The van der Waals surface area contributed by atoms with Crippen molar-refractivity contribution in [2.75, 3.05) is 17.2 Å². The molecule has 0 radical (unpaired) electrons. The van der Waals surface area contributed by atoms with Crippen molar-refractivity contribution in [2.45, 2.75) is 19.4 Å². The SMILES string of the molecule is O=c1c(NCc2ccncc2)c(NC[C@@H]2C[C@@H]3C=C[C@H]2C3)c1=O. The molecule has 118 valence electrons. The Labute approximate surface area is 134 Å². The number of pyridine rings is 1. The van der Waals surface area contributed by atoms with Crippen LogP contribution in [0.4, 0.5) is 11.4 Å². The monoisotopic (exact) mass is 309 g/mol. The number of fused-ring (bicyclic) bond motifs is 2. The van der Waals surface area contributed by atoms with Gasteiger partial charge in [-0.2, -0.15) is 0 Å². The van der Waals surface area contributed by atoms with Crippen LogP contribution in [0.5, 0.6) is 0 Å². The lowest BCUT2D eigenvalue weighted by Crippen LogP contribution is -2.38. The van der Waals surface area contributed by atoms with E-state index in [1.54, 1.807) is 12.4 Å². The van der Waals surface area contributed by atoms with Gasteiger partial charge in [-0.15, -0.1) is 0 Å². The van der Waals surface area contributed by atoms with Gasteiger partial charge in [-0.3, -0.25) is 14.6 Å². The van der Waals surface area contributed by atoms with Crippen LogP contribution in [0.25, 0.3) is 0 Å². The van der Waals surface area contributed by atoms with Gasteiger partial charge in [0.2, 0.25) is 0 Å². The van der Waals surface area contributed by atoms with Gasteiger partial charge < -0.3 is 10.6 Å². The highest BCUT2D eigenvalue weighted by Crippen LogP contribution is 2.43. The van der Waals surface area contributed by atoms with E-state index in [1.807, 2.05) is 12.1 Å². The van der Waals surface area contributed by atoms with Gasteiger partial charge in [-0.25, -0.2) is 0 Å². The van der Waals surface area contributed by atoms with E-state index in [4.69, 9.17) is 0 Å². The molecule has 2 N–H and O–H groups in total. The minimum atomic E-state index is -0.422. The molecule has 2 aliphatic carbocycles. The van der Waals surface area contributed by atoms with E-state index >= 15 is 0 Å². The lowest BCUT2D eigenvalue weighted by atomic mass is 9.93. The van der Waals surface area contributed by atoms with Crippen LogP contribution in [0.1, 0.15) is 18.4 Å². The van der Waals surface area contributed by atoms with Gasteiger partial charge in [0.05, 0.1) is 0 Å². The molecule has 3 atom stereocenters. The van der Waals surface area contributed by atoms with Crippen molar-refractivity contribution in [1.29, 1.82) is 0 Å². The molecule has 0 saturated heterocycles. The zero-order valence-electron chi connectivity index (χ0n) is 12.8. The van der Waals surface area contributed by atoms with Crippen LogP contribution >= 0.6 is 0 Å². The number of aromatic nitrogens is 1. The molecule has 1 aromatic carbocycles. The molecule has 2 aromatic rings. The Morgan fingerprint density at radius 3 is 2.39 bits per heavy atom. The Morgan fingerprint density at radius 2 is 1.74 bits per heavy atom. The fraction of sp³-hybridized carbons (Fsp3) is 0.389. The van der Waals surface area contributed by atoms with Crippen LogP contribution in [0, 0.1) is 17.8 Å². The van der Waals surface area contributed by atoms with E-state index in [-0.39, 0.29) is 0 Å². The number of hydrogen-bond acceptors (Lipinski definition) is 5. The second-order valence-electron chi connectivity index (χ2n) is 6.54. The highest BCUT2D eigenvalue weighted by atomic mass is 16.2. The second kappa shape index (κ2) is 5.65. The number of nitrogens with one attached hydrogen (secondary N) is 2. The van der Waals surface area contributed by atoms with Gasteiger partial charge >= 0.3 is 0 Å². The van der Waals surface area contributed by atoms with Crippen molar-refractivity contribution in [1.82, 2.24) is 4.98 Å². The largest absolute Gasteiger partial charge is 0.380 e. The topological polar surface area (TPSA) is 71.1 Å². The molecule has 1 heterocycles. The molecule has 5 nitrogen and oxygen atoms in total. The van der Waals surface area contributed by atoms with E-state index in [0.717, 1.165) is 12.1 Å². The molecule has 2 bridgehead atoms. The van der Waals surface area contributed by atoms with Crippen molar-refractivity contribution >= 4 is 11.4 Å². The van der Waals surface area contributed by atoms with Crippen LogP contribution in [-0.4, -0.2) is 11.5 Å². The minimum absolute atomic E-state index is 0.402. The van der Waals surface area contributed by atoms with E-state index < -0.39 is 10.9 Å². The van der Waals surface area contributed by atoms with Gasteiger partial charge in [0.15, 0.2) is 0 Å². The van der Waals surface area contributed by atoms with Gasteiger partial charge in [-0.05, 0) is 48.3 Å². The summed E-state index contributed by atoms with van der Waals surface area (Å²) >= 11 is 0. The lowest BCUT2D eigenvalue weighted by Gasteiger charge is -2.21. The summed E-state index contributed by atoms with van der Waals surface area (Å²) in [5.41, 5.74) is 1.08. The number of rotatable bonds is 6. The second-order valence-corrected chi connectivity index (χ2v) is 6.54. The molecule has 1 fully saturated rings. The summed E-state index contributed by atoms with van der Waals surface area (Å²) in [6, 6.07) is 3.76. The summed E-state index contributed by atoms with van der Waals surface area (Å²) in [6.07, 6.45) is 10.4. The third kappa shape index (κ3) is 2.56. The number of nitrogens with zero attached hydrogens (tertiary/aromatic N) is 1. The molecule has 0 aliphatic heterocycles. The van der Waals surface area contributed by atoms with Crippen molar-refractivity contribution in [2.24, 2.45) is 17.8 Å². The molecule has 2 aliphatic rings. The van der Waals surface area contributed by atoms with Crippen molar-refractivity contribution in [3.8, 4) is 0 Å². The summed E-state index contributed by atoms with van der Waals surface area (Å²) < 4.78 is 0. The summed E-state index contributed by atoms with van der Waals surface area (Å²) in [6.45, 7) is 1.28. The van der Waals surface area contributed by atoms with Crippen LogP contribution in [-0.2, 0) is 6.54 Å². The van der Waals surface area contributed by atoms with Crippen molar-refractivity contribution in [3.63, 3.8) is 0 Å². The molecule has 23 heavy (non-hydrogen) atoms. The Balaban J connectivity index is 1.39. The standard InChI is InChI=1S/C18H19N3O2/c22-17-15(20-9-11-3-5-19-6-4-11)16(18(17)23)21-10-14-8-12-1-2-13(14)7-12/h1-6,12-14,20-21H,7-10H2/t12-,13+,14+/m1/s1. The van der Waals surface area contributed by atoms with Crippen LogP contribution < -0.4 is 21.5 Å². The van der Waals surface area contributed by atoms with Crippen LogP contribution in [0.2, 0.25) is 0 Å². The molecule has 0 unspecified atom stereocenters. The maximum atomic E-state index is 11.8. The Bertz CT molecular complexity index is 805. The summed E-state index contributed by atoms with van der Waals surface area (Å²) in [5.74, 6) is 1.92. The quantitative estimate of drug-likeness (QED) is 0.630. The van der Waals surface area contributed by atoms with Gasteiger partial charge in [0.1, 0.15) is 11.4 Å². The van der Waals surface area contributed by atoms with Crippen molar-refractivity contribution in [3.05, 3.63) is 62.7 Å². The molecule has 0 spiro atoms. The highest BCUT2D eigenvalue weighted by Gasteiger charge is 2.35. The average molecular weight is 309 g/mol. The normalized spacial score (nSPS) is 25.1. The Kier molecular flexibility index (Phi) is 3.48. The van der Waals surface area contributed by atoms with Crippen molar-refractivity contribution < 1.29 is 0 Å². The summed E-state index contributed by atoms with van der Waals surface area (Å²) in [7, 11) is 0. The fourth-order valence-corrected chi connectivity index (χ4v) is 3.78. The first-order chi connectivity index (χ1) is 11.2. The van der Waals surface area contributed by atoms with Crippen LogP contribution in [0.3, 0.4) is 0 Å². The Morgan fingerprint density at radius 1 is 1.00 bits per heavy atom.